The van der Waals surface area contributed by atoms with Crippen LogP contribution in [0.4, 0.5) is 34.1 Å². The minimum absolute atomic E-state index is 0.0637. The lowest BCUT2D eigenvalue weighted by Crippen LogP contribution is -2.19. The maximum atomic E-state index is 13.5. The molecule has 0 radical (unpaired) electrons. The van der Waals surface area contributed by atoms with Gasteiger partial charge in [-0.2, -0.15) is 16.8 Å². The molecule has 7 rings (SSSR count). The Morgan fingerprint density at radius 3 is 1.18 bits per heavy atom. The molecule has 0 spiro atoms. The lowest BCUT2D eigenvalue weighted by molar-refractivity contribution is 0.0682. The molecule has 0 unspecified atom stereocenters. The van der Waals surface area contributed by atoms with Crippen LogP contribution in [0, 0.1) is 0 Å². The predicted molar refractivity (Wildman–Crippen MR) is 266 cm³/mol. The van der Waals surface area contributed by atoms with Crippen molar-refractivity contribution in [2.75, 3.05) is 53.3 Å². The van der Waals surface area contributed by atoms with E-state index in [0.717, 1.165) is 62.8 Å². The van der Waals surface area contributed by atoms with Gasteiger partial charge in [0.2, 0.25) is 11.5 Å². The average Bonchev–Trinajstić information content (AvgIpc) is 3.39. The zero-order chi connectivity index (χ0) is 56.4. The van der Waals surface area contributed by atoms with Crippen LogP contribution in [0.15, 0.2) is 112 Å². The first-order valence-corrected chi connectivity index (χ1v) is 24.1. The Balaban J connectivity index is 1.17. The van der Waals surface area contributed by atoms with Crippen molar-refractivity contribution < 1.29 is 98.4 Å². The smallest absolute Gasteiger partial charge is 0.341 e. The Hall–Kier alpha value is -9.91. The zero-order valence-electron chi connectivity index (χ0n) is 40.2. The van der Waals surface area contributed by atoms with Gasteiger partial charge in [-0.3, -0.25) is 23.5 Å². The predicted octanol–water partition coefficient (Wildman–Crippen LogP) is 7.63. The number of carbonyl (C=O) groups excluding carboxylic acids is 2. The topological polar surface area (TPSA) is 417 Å². The Bertz CT molecular complexity index is 3760. The first-order chi connectivity index (χ1) is 36.4. The zero-order valence-corrected chi connectivity index (χ0v) is 41.9. The molecule has 400 valence electrons. The highest BCUT2D eigenvalue weighted by Gasteiger charge is 2.30. The molecule has 77 heavy (non-hydrogen) atoms. The maximum absolute atomic E-state index is 13.5. The standard InChI is InChI=1S/C47H38N6O22S2/c1-69-28-17-26(34(46(59)60)42(73-5)40(28)71-3)50-52-36-32(76(63,64)65)13-19-11-21(7-9-24(19)38(36)55)48-44(57)30-15-23(54)16-31(75-30)45(58)49-22-8-10-25-20(12-22)14-33(77(66,67)68)37(39(25)56)53-51-27-18-29(70-2)41(72-4)43(74-6)35(27)47(61)62/h7-18,55-56H,1-6H3,(H,48,57)(H,49,58)(H,59,60)(H,61,62)(H,63,64,65)(H,66,67,68). The van der Waals surface area contributed by atoms with Crippen LogP contribution in [-0.4, -0.2) is 113 Å². The van der Waals surface area contributed by atoms with Crippen LogP contribution in [0.5, 0.6) is 46.0 Å². The monoisotopic (exact) mass is 1100 g/mol. The van der Waals surface area contributed by atoms with E-state index in [2.05, 4.69) is 31.1 Å². The number of phenols is 2. The number of carboxylic acids is 2. The van der Waals surface area contributed by atoms with Gasteiger partial charge in [-0.1, -0.05) is 0 Å². The van der Waals surface area contributed by atoms with Gasteiger partial charge in [0.1, 0.15) is 43.7 Å². The molecule has 28 nitrogen and oxygen atoms in total. The number of azo groups is 2. The van der Waals surface area contributed by atoms with Crippen molar-refractivity contribution in [3.63, 3.8) is 0 Å². The van der Waals surface area contributed by atoms with Gasteiger partial charge >= 0.3 is 11.9 Å². The second-order valence-electron chi connectivity index (χ2n) is 15.5. The number of carbonyl (C=O) groups is 4. The van der Waals surface area contributed by atoms with Gasteiger partial charge in [0.25, 0.3) is 32.1 Å². The summed E-state index contributed by atoms with van der Waals surface area (Å²) in [5, 5.41) is 62.0. The molecule has 0 fully saturated rings. The molecule has 6 aromatic carbocycles. The molecule has 0 aliphatic carbocycles. The summed E-state index contributed by atoms with van der Waals surface area (Å²) in [5.41, 5.74) is -4.86. The lowest BCUT2D eigenvalue weighted by Gasteiger charge is -2.15. The van der Waals surface area contributed by atoms with Crippen LogP contribution in [-0.2, 0) is 20.2 Å². The second-order valence-corrected chi connectivity index (χ2v) is 18.3. The van der Waals surface area contributed by atoms with Crippen LogP contribution in [0.2, 0.25) is 0 Å². The van der Waals surface area contributed by atoms with Crippen LogP contribution in [0.25, 0.3) is 21.5 Å². The molecule has 1 aromatic heterocycles. The van der Waals surface area contributed by atoms with Crippen molar-refractivity contribution in [1.29, 1.82) is 0 Å². The first kappa shape index (κ1) is 54.9. The van der Waals surface area contributed by atoms with E-state index in [0.29, 0.717) is 0 Å². The van der Waals surface area contributed by atoms with E-state index in [1.807, 2.05) is 0 Å². The number of hydrogen-bond donors (Lipinski definition) is 8. The van der Waals surface area contributed by atoms with E-state index in [4.69, 9.17) is 32.8 Å². The Kier molecular flexibility index (Phi) is 15.3. The fraction of sp³-hybridized carbons (Fsp3) is 0.128. The van der Waals surface area contributed by atoms with E-state index in [-0.39, 0.29) is 67.4 Å². The Labute approximate surface area is 431 Å². The highest BCUT2D eigenvalue weighted by molar-refractivity contribution is 7.86. The van der Waals surface area contributed by atoms with E-state index in [1.54, 1.807) is 0 Å². The van der Waals surface area contributed by atoms with Crippen molar-refractivity contribution in [2.24, 2.45) is 20.5 Å². The summed E-state index contributed by atoms with van der Waals surface area (Å²) in [6.07, 6.45) is 0. The molecule has 8 N–H and O–H groups in total. The molecule has 0 bridgehead atoms. The number of carboxylic acid groups (broad SMARTS) is 2. The molecule has 0 aliphatic heterocycles. The minimum atomic E-state index is -5.23. The molecular formula is C47H38N6O22S2. The third kappa shape index (κ3) is 10.9. The number of benzene rings is 6. The van der Waals surface area contributed by atoms with Gasteiger partial charge in [0.15, 0.2) is 51.4 Å². The molecule has 1 heterocycles. The van der Waals surface area contributed by atoms with Gasteiger partial charge < -0.3 is 63.9 Å². The number of aromatic hydroxyl groups is 2. The number of methoxy groups -OCH3 is 6. The van der Waals surface area contributed by atoms with E-state index < -0.39 is 116 Å². The summed E-state index contributed by atoms with van der Waals surface area (Å²) in [7, 11) is -3.29. The molecule has 30 heteroatoms. The number of aromatic carboxylic acids is 2. The fourth-order valence-corrected chi connectivity index (χ4v) is 8.91. The van der Waals surface area contributed by atoms with Crippen LogP contribution < -0.4 is 44.5 Å². The maximum Gasteiger partial charge on any atom is 0.341 e. The van der Waals surface area contributed by atoms with E-state index in [1.165, 1.54) is 52.7 Å². The first-order valence-electron chi connectivity index (χ1n) is 21.2. The number of phenolic OH excluding ortho intramolecular Hbond substituents is 2. The molecule has 0 saturated carbocycles. The van der Waals surface area contributed by atoms with Gasteiger partial charge in [0.05, 0.1) is 42.7 Å². The molecule has 0 saturated heterocycles. The van der Waals surface area contributed by atoms with Crippen LogP contribution in [0.1, 0.15) is 41.8 Å². The van der Waals surface area contributed by atoms with Gasteiger partial charge in [0, 0.05) is 46.4 Å². The number of anilines is 2. The van der Waals surface area contributed by atoms with E-state index >= 15 is 0 Å². The van der Waals surface area contributed by atoms with Crippen molar-refractivity contribution >= 4 is 99.7 Å². The fourth-order valence-electron chi connectivity index (χ4n) is 7.60. The number of fused-ring (bicyclic) bond motifs is 2. The van der Waals surface area contributed by atoms with Crippen molar-refractivity contribution in [1.82, 2.24) is 0 Å². The van der Waals surface area contributed by atoms with Crippen LogP contribution in [0.3, 0.4) is 0 Å². The Morgan fingerprint density at radius 2 is 0.870 bits per heavy atom. The summed E-state index contributed by atoms with van der Waals surface area (Å²) < 4.78 is 108. The van der Waals surface area contributed by atoms with Gasteiger partial charge in [-0.05, 0) is 59.3 Å². The van der Waals surface area contributed by atoms with E-state index in [9.17, 15) is 70.3 Å². The van der Waals surface area contributed by atoms with Crippen molar-refractivity contribution in [3.05, 3.63) is 106 Å². The number of nitrogens with zero attached hydrogens (tertiary/aromatic N) is 4. The number of hydrogen-bond acceptors (Lipinski definition) is 22. The normalized spacial score (nSPS) is 11.7. The highest BCUT2D eigenvalue weighted by atomic mass is 32.2. The summed E-state index contributed by atoms with van der Waals surface area (Å²) in [6.45, 7) is 0. The molecule has 0 aliphatic rings. The van der Waals surface area contributed by atoms with Crippen molar-refractivity contribution in [2.45, 2.75) is 9.79 Å². The summed E-state index contributed by atoms with van der Waals surface area (Å²) in [5.74, 6) is -9.63. The molecule has 2 amide bonds. The summed E-state index contributed by atoms with van der Waals surface area (Å²) in [4.78, 5) is 62.3. The number of rotatable bonds is 18. The SMILES string of the molecule is COc1cc(N=Nc2c(S(=O)(=O)O)cc3cc(NC(=O)c4cc(=O)cc(C(=O)Nc5ccc6c(O)c(N=Nc7cc(OC)c(OC)c(OC)c7C(=O)O)c(S(=O)(=O)O)cc6c5)o4)ccc3c2O)c(C(=O)O)c(OC)c1OC. The minimum Gasteiger partial charge on any atom is -0.505 e. The molecule has 7 aromatic rings. The molecule has 0 atom stereocenters. The highest BCUT2D eigenvalue weighted by Crippen LogP contribution is 2.49. The number of amides is 2. The summed E-state index contributed by atoms with van der Waals surface area (Å²) in [6, 6.07) is 12.4. The second kappa shape index (κ2) is 21.5. The third-order valence-electron chi connectivity index (χ3n) is 10.9. The van der Waals surface area contributed by atoms with Crippen molar-refractivity contribution in [3.8, 4) is 46.0 Å². The van der Waals surface area contributed by atoms with Gasteiger partial charge in [-0.25, -0.2) is 9.59 Å². The quantitative estimate of drug-likeness (QED) is 0.0302. The molecular weight excluding hydrogens is 1060 g/mol. The largest absolute Gasteiger partial charge is 0.505 e. The summed E-state index contributed by atoms with van der Waals surface area (Å²) >= 11 is 0. The number of nitrogens with one attached hydrogen (secondary N) is 2. The Morgan fingerprint density at radius 1 is 0.506 bits per heavy atom. The number of ether oxygens (including phenoxy) is 6. The lowest BCUT2D eigenvalue weighted by atomic mass is 10.1. The third-order valence-corrected chi connectivity index (χ3v) is 12.7. The average molecular weight is 1100 g/mol. The van der Waals surface area contributed by atoms with Gasteiger partial charge in [-0.15, -0.1) is 20.5 Å². The van der Waals surface area contributed by atoms with Crippen LogP contribution >= 0.6 is 0 Å².